The quantitative estimate of drug-likeness (QED) is 0.404. The predicted molar refractivity (Wildman–Crippen MR) is 108 cm³/mol. The number of alkyl halides is 5. The summed E-state index contributed by atoms with van der Waals surface area (Å²) in [7, 11) is -3.91. The number of sulfonamides is 1. The first-order valence-corrected chi connectivity index (χ1v) is 10.8. The van der Waals surface area contributed by atoms with Crippen LogP contribution >= 0.6 is 0 Å². The Balaban J connectivity index is 1.71. The average Bonchev–Trinajstić information content (AvgIpc) is 3.28. The summed E-state index contributed by atoms with van der Waals surface area (Å²) in [6, 6.07) is 9.89. The molecular weight excluding hydrogens is 485 g/mol. The lowest BCUT2D eigenvalue weighted by Gasteiger charge is -2.09. The number of primary sulfonamides is 1. The molecule has 0 fully saturated rings. The Morgan fingerprint density at radius 2 is 1.47 bits per heavy atom. The minimum atomic E-state index is -4.56. The van der Waals surface area contributed by atoms with Crippen molar-refractivity contribution >= 4 is 10.0 Å². The normalized spacial score (nSPS) is 12.3. The van der Waals surface area contributed by atoms with E-state index in [2.05, 4.69) is 20.1 Å². The highest BCUT2D eigenvalue weighted by Crippen LogP contribution is 2.32. The number of aromatic nitrogens is 4. The van der Waals surface area contributed by atoms with Crippen LogP contribution in [0.15, 0.2) is 64.0 Å². The maximum Gasteiger partial charge on any atom is 0.416 e. The summed E-state index contributed by atoms with van der Waals surface area (Å²) < 4.78 is 93.1. The maximum absolute atomic E-state index is 13.4. The van der Waals surface area contributed by atoms with Crippen molar-refractivity contribution in [2.75, 3.05) is 0 Å². The van der Waals surface area contributed by atoms with Gasteiger partial charge >= 0.3 is 6.18 Å². The van der Waals surface area contributed by atoms with Gasteiger partial charge in [0.05, 0.1) is 16.2 Å². The Hall–Kier alpha value is -3.78. The van der Waals surface area contributed by atoms with Crippen LogP contribution < -0.4 is 5.14 Å². The highest BCUT2D eigenvalue weighted by molar-refractivity contribution is 7.89. The SMILES string of the molecule is NS(=O)(=O)c1ccc(-c2noc(-c3nc(-c4ccc(C(F)(F)F)cc4)cc(C(F)F)n3)n2)cc1. The summed E-state index contributed by atoms with van der Waals surface area (Å²) >= 11 is 0. The molecule has 0 aliphatic carbocycles. The van der Waals surface area contributed by atoms with Crippen molar-refractivity contribution in [3.05, 3.63) is 65.9 Å². The van der Waals surface area contributed by atoms with E-state index in [1.54, 1.807) is 0 Å². The molecule has 0 bridgehead atoms. The standard InChI is InChI=1S/C20H12F5N5O3S/c21-16(22)15-9-14(10-1-5-12(6-2-10)20(23,24)25)27-18(28-15)19-29-17(30-33-19)11-3-7-13(8-4-11)34(26,31)32/h1-9,16H,(H2,26,31,32). The van der Waals surface area contributed by atoms with Crippen LogP contribution in [0, 0.1) is 0 Å². The number of rotatable bonds is 5. The van der Waals surface area contributed by atoms with Crippen molar-refractivity contribution in [3.8, 4) is 34.4 Å². The van der Waals surface area contributed by atoms with Gasteiger partial charge in [0.1, 0.15) is 5.69 Å². The molecule has 0 radical (unpaired) electrons. The number of halogens is 5. The minimum Gasteiger partial charge on any atom is -0.330 e. The number of nitrogens with two attached hydrogens (primary N) is 1. The van der Waals surface area contributed by atoms with E-state index in [0.717, 1.165) is 30.3 Å². The van der Waals surface area contributed by atoms with Crippen LogP contribution in [0.5, 0.6) is 0 Å². The van der Waals surface area contributed by atoms with Crippen molar-refractivity contribution in [2.24, 2.45) is 5.14 Å². The molecule has 8 nitrogen and oxygen atoms in total. The fourth-order valence-electron chi connectivity index (χ4n) is 2.88. The molecule has 4 rings (SSSR count). The molecule has 2 heterocycles. The summed E-state index contributed by atoms with van der Waals surface area (Å²) in [5, 5.41) is 8.76. The summed E-state index contributed by atoms with van der Waals surface area (Å²) in [5.74, 6) is -0.716. The van der Waals surface area contributed by atoms with Crippen molar-refractivity contribution in [1.29, 1.82) is 0 Å². The van der Waals surface area contributed by atoms with Gasteiger partial charge in [-0.2, -0.15) is 18.2 Å². The molecule has 0 spiro atoms. The number of nitrogens with zero attached hydrogens (tertiary/aromatic N) is 4. The molecular formula is C20H12F5N5O3S. The monoisotopic (exact) mass is 497 g/mol. The van der Waals surface area contributed by atoms with Crippen molar-refractivity contribution in [1.82, 2.24) is 20.1 Å². The van der Waals surface area contributed by atoms with Gasteiger partial charge in [-0.15, -0.1) is 0 Å². The lowest BCUT2D eigenvalue weighted by molar-refractivity contribution is -0.137. The van der Waals surface area contributed by atoms with Gasteiger partial charge in [-0.1, -0.05) is 17.3 Å². The van der Waals surface area contributed by atoms with E-state index >= 15 is 0 Å². The second kappa shape index (κ2) is 8.53. The van der Waals surface area contributed by atoms with E-state index in [-0.39, 0.29) is 33.7 Å². The molecule has 0 saturated carbocycles. The van der Waals surface area contributed by atoms with Crippen LogP contribution in [0.4, 0.5) is 22.0 Å². The summed E-state index contributed by atoms with van der Waals surface area (Å²) in [6.45, 7) is 0. The molecule has 0 amide bonds. The number of hydrogen-bond acceptors (Lipinski definition) is 7. The van der Waals surface area contributed by atoms with Crippen LogP contribution in [-0.2, 0) is 16.2 Å². The van der Waals surface area contributed by atoms with Crippen LogP contribution in [-0.4, -0.2) is 28.5 Å². The molecule has 0 unspecified atom stereocenters. The van der Waals surface area contributed by atoms with Crippen LogP contribution in [0.25, 0.3) is 34.4 Å². The Kier molecular flexibility index (Phi) is 5.87. The zero-order valence-electron chi connectivity index (χ0n) is 16.7. The molecule has 2 aromatic heterocycles. The van der Waals surface area contributed by atoms with Crippen LogP contribution in [0.2, 0.25) is 0 Å². The third-order valence-corrected chi connectivity index (χ3v) is 5.47. The van der Waals surface area contributed by atoms with Gasteiger partial charge in [-0.3, -0.25) is 0 Å². The van der Waals surface area contributed by atoms with E-state index < -0.39 is 33.9 Å². The first-order chi connectivity index (χ1) is 15.9. The van der Waals surface area contributed by atoms with Crippen molar-refractivity contribution < 1.29 is 34.9 Å². The van der Waals surface area contributed by atoms with Gasteiger partial charge < -0.3 is 4.52 Å². The molecule has 34 heavy (non-hydrogen) atoms. The molecule has 4 aromatic rings. The lowest BCUT2D eigenvalue weighted by atomic mass is 10.1. The van der Waals surface area contributed by atoms with Gasteiger partial charge in [0, 0.05) is 11.1 Å². The molecule has 0 aliphatic rings. The molecule has 0 aliphatic heterocycles. The van der Waals surface area contributed by atoms with Gasteiger partial charge in [-0.05, 0) is 42.5 Å². The van der Waals surface area contributed by atoms with Crippen LogP contribution in [0.1, 0.15) is 17.7 Å². The van der Waals surface area contributed by atoms with Gasteiger partial charge in [0.2, 0.25) is 21.7 Å². The molecule has 2 aromatic carbocycles. The van der Waals surface area contributed by atoms with Crippen molar-refractivity contribution in [3.63, 3.8) is 0 Å². The molecule has 14 heteroatoms. The van der Waals surface area contributed by atoms with E-state index in [1.165, 1.54) is 24.3 Å². The fraction of sp³-hybridized carbons (Fsp3) is 0.100. The fourth-order valence-corrected chi connectivity index (χ4v) is 3.39. The Morgan fingerprint density at radius 1 is 0.853 bits per heavy atom. The topological polar surface area (TPSA) is 125 Å². The van der Waals surface area contributed by atoms with Crippen molar-refractivity contribution in [2.45, 2.75) is 17.5 Å². The number of benzene rings is 2. The zero-order chi connectivity index (χ0) is 24.7. The lowest BCUT2D eigenvalue weighted by Crippen LogP contribution is -2.11. The predicted octanol–water partition coefficient (Wildman–Crippen LogP) is 4.46. The molecule has 2 N–H and O–H groups in total. The molecule has 0 atom stereocenters. The second-order valence-electron chi connectivity index (χ2n) is 6.87. The average molecular weight is 497 g/mol. The Morgan fingerprint density at radius 3 is 2.03 bits per heavy atom. The summed E-state index contributed by atoms with van der Waals surface area (Å²) in [4.78, 5) is 11.7. The highest BCUT2D eigenvalue weighted by atomic mass is 32.2. The highest BCUT2D eigenvalue weighted by Gasteiger charge is 2.30. The van der Waals surface area contributed by atoms with E-state index in [4.69, 9.17) is 9.66 Å². The van der Waals surface area contributed by atoms with E-state index in [1.807, 2.05) is 0 Å². The van der Waals surface area contributed by atoms with Gasteiger partial charge in [0.25, 0.3) is 12.3 Å². The smallest absolute Gasteiger partial charge is 0.330 e. The van der Waals surface area contributed by atoms with Gasteiger partial charge in [-0.25, -0.2) is 32.3 Å². The van der Waals surface area contributed by atoms with Crippen LogP contribution in [0.3, 0.4) is 0 Å². The van der Waals surface area contributed by atoms with Gasteiger partial charge in [0.15, 0.2) is 0 Å². The zero-order valence-corrected chi connectivity index (χ0v) is 17.5. The summed E-state index contributed by atoms with van der Waals surface area (Å²) in [6.07, 6.45) is -7.57. The summed E-state index contributed by atoms with van der Waals surface area (Å²) in [5.41, 5.74) is -1.22. The third-order valence-electron chi connectivity index (χ3n) is 4.54. The molecule has 176 valence electrons. The third kappa shape index (κ3) is 4.92. The Bertz CT molecular complexity index is 1440. The minimum absolute atomic E-state index is 0.0156. The first kappa shape index (κ1) is 23.4. The first-order valence-electron chi connectivity index (χ1n) is 9.24. The maximum atomic E-state index is 13.4. The number of hydrogen-bond donors (Lipinski definition) is 1. The van der Waals surface area contributed by atoms with E-state index in [9.17, 15) is 30.4 Å². The largest absolute Gasteiger partial charge is 0.416 e. The van der Waals surface area contributed by atoms with E-state index in [0.29, 0.717) is 5.56 Å². The Labute approximate surface area is 188 Å². The molecule has 0 saturated heterocycles. The second-order valence-corrected chi connectivity index (χ2v) is 8.43.